The van der Waals surface area contributed by atoms with Crippen LogP contribution >= 0.6 is 11.3 Å². The zero-order valence-corrected chi connectivity index (χ0v) is 37.0. The monoisotopic (exact) mass is 870 g/mol. The molecule has 0 fully saturated rings. The van der Waals surface area contributed by atoms with Crippen molar-refractivity contribution < 1.29 is 0 Å². The summed E-state index contributed by atoms with van der Waals surface area (Å²) in [6, 6.07) is 83.3. The molecule has 0 N–H and O–H groups in total. The van der Waals surface area contributed by atoms with E-state index in [9.17, 15) is 0 Å². The summed E-state index contributed by atoms with van der Waals surface area (Å²) in [5, 5.41) is 9.66. The van der Waals surface area contributed by atoms with Crippen molar-refractivity contribution in [3.8, 4) is 55.6 Å². The van der Waals surface area contributed by atoms with E-state index in [-0.39, 0.29) is 0 Å². The Morgan fingerprint density at radius 3 is 1.75 bits per heavy atom. The van der Waals surface area contributed by atoms with Gasteiger partial charge in [0, 0.05) is 37.7 Å². The third-order valence-corrected chi connectivity index (χ3v) is 14.7. The van der Waals surface area contributed by atoms with Crippen LogP contribution in [0.1, 0.15) is 0 Å². The van der Waals surface area contributed by atoms with Crippen LogP contribution in [0.15, 0.2) is 231 Å². The summed E-state index contributed by atoms with van der Waals surface area (Å²) in [7, 11) is 0. The number of hydrogen-bond acceptors (Lipinski definition) is 3. The number of fused-ring (bicyclic) bond motifs is 10. The van der Waals surface area contributed by atoms with Crippen LogP contribution in [0, 0.1) is 0 Å². The molecule has 0 radical (unpaired) electrons. The van der Waals surface area contributed by atoms with Gasteiger partial charge in [0.15, 0.2) is 0 Å². The Morgan fingerprint density at radius 2 is 0.955 bits per heavy atom. The van der Waals surface area contributed by atoms with Crippen LogP contribution in [0.25, 0.3) is 131 Å². The SMILES string of the molecule is c1ccc(-c2ccc(-c3nc(-n4c5ccc(-c6cccc7c6c6c8ccccc8ccc6n7-c6ccccc6)cc5c5cc6ccccc6cc54)nc4cc(-c5ccccc5)sc34)cc2)cc1. The van der Waals surface area contributed by atoms with Crippen molar-refractivity contribution in [2.45, 2.75) is 0 Å². The molecule has 0 spiro atoms. The highest BCUT2D eigenvalue weighted by atomic mass is 32.1. The maximum Gasteiger partial charge on any atom is 0.235 e. The summed E-state index contributed by atoms with van der Waals surface area (Å²) in [5.41, 5.74) is 14.4. The van der Waals surface area contributed by atoms with Gasteiger partial charge in [-0.15, -0.1) is 11.3 Å². The number of benzene rings is 10. The zero-order chi connectivity index (χ0) is 44.0. The lowest BCUT2D eigenvalue weighted by Gasteiger charge is -2.11. The van der Waals surface area contributed by atoms with Crippen molar-refractivity contribution in [2.24, 2.45) is 0 Å². The van der Waals surface area contributed by atoms with Gasteiger partial charge in [-0.3, -0.25) is 4.57 Å². The van der Waals surface area contributed by atoms with Gasteiger partial charge in [-0.05, 0) is 104 Å². The zero-order valence-electron chi connectivity index (χ0n) is 36.1. The third-order valence-electron chi connectivity index (χ3n) is 13.5. The average molecular weight is 871 g/mol. The molecule has 5 heteroatoms. The van der Waals surface area contributed by atoms with Gasteiger partial charge < -0.3 is 4.57 Å². The normalized spacial score (nSPS) is 11.9. The number of nitrogens with zero attached hydrogens (tertiary/aromatic N) is 4. The standard InChI is InChI=1S/C62H38N4S/c1-4-15-39(16-5-1)40-27-29-43(30-28-40)60-61-52(38-57(67-61)42-18-6-2-7-19-42)63-62(64-60)66-53-33-32-46(36-50(53)51-35-44-20-10-11-21-45(44)37-56(51)66)49-25-14-26-54-59(49)58-48-24-13-12-17-41(48)31-34-55(58)65(54)47-22-8-3-9-23-47/h1-38H. The Hall–Kier alpha value is -8.64. The van der Waals surface area contributed by atoms with Gasteiger partial charge in [0.25, 0.3) is 0 Å². The minimum Gasteiger partial charge on any atom is -0.309 e. The smallest absolute Gasteiger partial charge is 0.235 e. The fourth-order valence-corrected chi connectivity index (χ4v) is 11.5. The lowest BCUT2D eigenvalue weighted by molar-refractivity contribution is 1.02. The van der Waals surface area contributed by atoms with Gasteiger partial charge in [0.1, 0.15) is 0 Å². The Morgan fingerprint density at radius 1 is 0.343 bits per heavy atom. The maximum atomic E-state index is 5.58. The third kappa shape index (κ3) is 5.99. The van der Waals surface area contributed by atoms with E-state index in [1.165, 1.54) is 65.6 Å². The van der Waals surface area contributed by atoms with Crippen molar-refractivity contribution in [1.82, 2.24) is 19.1 Å². The quantitative estimate of drug-likeness (QED) is 0.167. The molecule has 4 nitrogen and oxygen atoms in total. The summed E-state index contributed by atoms with van der Waals surface area (Å²) in [4.78, 5) is 12.2. The highest BCUT2D eigenvalue weighted by molar-refractivity contribution is 7.22. The van der Waals surface area contributed by atoms with Crippen LogP contribution in [-0.4, -0.2) is 19.1 Å². The minimum absolute atomic E-state index is 0.648. The molecule has 0 atom stereocenters. The van der Waals surface area contributed by atoms with Crippen LogP contribution < -0.4 is 0 Å². The van der Waals surface area contributed by atoms with Crippen LogP contribution in [0.5, 0.6) is 0 Å². The molecule has 10 aromatic carbocycles. The van der Waals surface area contributed by atoms with E-state index >= 15 is 0 Å². The molecule has 67 heavy (non-hydrogen) atoms. The van der Waals surface area contributed by atoms with E-state index in [2.05, 4.69) is 240 Å². The lowest BCUT2D eigenvalue weighted by atomic mass is 9.95. The number of aromatic nitrogens is 4. The predicted octanol–water partition coefficient (Wildman–Crippen LogP) is 16.9. The van der Waals surface area contributed by atoms with Gasteiger partial charge in [-0.1, -0.05) is 176 Å². The van der Waals surface area contributed by atoms with Gasteiger partial charge in [0.05, 0.1) is 38.0 Å². The van der Waals surface area contributed by atoms with Gasteiger partial charge >= 0.3 is 0 Å². The molecule has 0 unspecified atom stereocenters. The average Bonchev–Trinajstić information content (AvgIpc) is 4.09. The second-order valence-electron chi connectivity index (χ2n) is 17.3. The van der Waals surface area contributed by atoms with Crippen molar-refractivity contribution >= 4 is 86.7 Å². The minimum atomic E-state index is 0.648. The van der Waals surface area contributed by atoms with Gasteiger partial charge in [-0.2, -0.15) is 0 Å². The predicted molar refractivity (Wildman–Crippen MR) is 283 cm³/mol. The van der Waals surface area contributed by atoms with Crippen molar-refractivity contribution in [2.75, 3.05) is 0 Å². The molecule has 4 aromatic heterocycles. The van der Waals surface area contributed by atoms with E-state index in [4.69, 9.17) is 9.97 Å². The van der Waals surface area contributed by atoms with Crippen LogP contribution in [0.2, 0.25) is 0 Å². The molecular weight excluding hydrogens is 833 g/mol. The first-order chi connectivity index (χ1) is 33.2. The van der Waals surface area contributed by atoms with Crippen molar-refractivity contribution in [3.63, 3.8) is 0 Å². The van der Waals surface area contributed by atoms with Crippen LogP contribution in [0.3, 0.4) is 0 Å². The van der Waals surface area contributed by atoms with E-state index in [1.54, 1.807) is 11.3 Å². The van der Waals surface area contributed by atoms with E-state index in [0.29, 0.717) is 5.95 Å². The molecule has 0 amide bonds. The molecule has 0 bridgehead atoms. The molecule has 14 aromatic rings. The van der Waals surface area contributed by atoms with Crippen LogP contribution in [0.4, 0.5) is 0 Å². The Bertz CT molecular complexity index is 4240. The summed E-state index contributed by atoms with van der Waals surface area (Å²) >= 11 is 1.75. The summed E-state index contributed by atoms with van der Waals surface area (Å²) in [5.74, 6) is 0.648. The first-order valence-corrected chi connectivity index (χ1v) is 23.5. The first kappa shape index (κ1) is 37.7. The molecule has 0 saturated carbocycles. The number of thiophene rings is 1. The second kappa shape index (κ2) is 15.0. The molecule has 14 rings (SSSR count). The van der Waals surface area contributed by atoms with Crippen molar-refractivity contribution in [1.29, 1.82) is 0 Å². The topological polar surface area (TPSA) is 35.6 Å². The Labute approximate surface area is 389 Å². The molecular formula is C62H38N4S. The van der Waals surface area contributed by atoms with Crippen LogP contribution in [-0.2, 0) is 0 Å². The molecule has 4 heterocycles. The second-order valence-corrected chi connectivity index (χ2v) is 18.4. The molecule has 0 saturated heterocycles. The molecule has 0 aliphatic rings. The van der Waals surface area contributed by atoms with E-state index < -0.39 is 0 Å². The fraction of sp³-hybridized carbons (Fsp3) is 0. The highest BCUT2D eigenvalue weighted by Gasteiger charge is 2.23. The molecule has 312 valence electrons. The summed E-state index contributed by atoms with van der Waals surface area (Å²) in [6.45, 7) is 0. The molecule has 0 aliphatic heterocycles. The molecule has 0 aliphatic carbocycles. The summed E-state index contributed by atoms with van der Waals surface area (Å²) in [6.07, 6.45) is 0. The van der Waals surface area contributed by atoms with Crippen molar-refractivity contribution in [3.05, 3.63) is 231 Å². The number of rotatable bonds is 6. The fourth-order valence-electron chi connectivity index (χ4n) is 10.4. The largest absolute Gasteiger partial charge is 0.309 e. The lowest BCUT2D eigenvalue weighted by Crippen LogP contribution is -2.02. The first-order valence-electron chi connectivity index (χ1n) is 22.7. The van der Waals surface area contributed by atoms with Gasteiger partial charge in [-0.25, -0.2) is 9.97 Å². The Balaban J connectivity index is 1.03. The summed E-state index contributed by atoms with van der Waals surface area (Å²) < 4.78 is 5.78. The van der Waals surface area contributed by atoms with E-state index in [0.717, 1.165) is 59.4 Å². The maximum absolute atomic E-state index is 5.58. The Kier molecular flexibility index (Phi) is 8.42. The van der Waals surface area contributed by atoms with Gasteiger partial charge in [0.2, 0.25) is 5.95 Å². The van der Waals surface area contributed by atoms with E-state index in [1.807, 2.05) is 0 Å². The highest BCUT2D eigenvalue weighted by Crippen LogP contribution is 2.45. The number of hydrogen-bond donors (Lipinski definition) is 0. The number of para-hydroxylation sites is 1.